The molecule has 5 nitrogen and oxygen atoms in total. The molecule has 138 valence electrons. The number of rotatable bonds is 4. The minimum atomic E-state index is 0.0873. The highest BCUT2D eigenvalue weighted by atomic mass is 16.3. The molecule has 0 spiro atoms. The summed E-state index contributed by atoms with van der Waals surface area (Å²) in [6.45, 7) is 3.98. The molecule has 0 radical (unpaired) electrons. The topological polar surface area (TPSA) is 65.5 Å². The fourth-order valence-corrected chi connectivity index (χ4v) is 4.11. The quantitative estimate of drug-likeness (QED) is 0.824. The molecule has 0 aromatic carbocycles. The van der Waals surface area contributed by atoms with Crippen LogP contribution in [0.3, 0.4) is 0 Å². The number of aryl methyl sites for hydroxylation is 1. The van der Waals surface area contributed by atoms with Crippen molar-refractivity contribution >= 4 is 11.7 Å². The molecule has 0 bridgehead atoms. The van der Waals surface area contributed by atoms with Gasteiger partial charge in [0.25, 0.3) is 0 Å². The van der Waals surface area contributed by atoms with Crippen LogP contribution in [-0.4, -0.2) is 41.7 Å². The van der Waals surface area contributed by atoms with Crippen LogP contribution in [0.25, 0.3) is 0 Å². The third-order valence-corrected chi connectivity index (χ3v) is 5.81. The molecule has 1 saturated heterocycles. The van der Waals surface area contributed by atoms with Crippen molar-refractivity contribution in [2.24, 2.45) is 11.8 Å². The van der Waals surface area contributed by atoms with E-state index in [1.807, 2.05) is 13.1 Å². The zero-order chi connectivity index (χ0) is 17.6. The lowest BCUT2D eigenvalue weighted by Crippen LogP contribution is -2.46. The Balaban J connectivity index is 1.51. The van der Waals surface area contributed by atoms with E-state index in [1.54, 1.807) is 0 Å². The number of carbonyl (C=O) groups excluding carboxylic acids is 1. The summed E-state index contributed by atoms with van der Waals surface area (Å²) in [5.41, 5.74) is 1.17. The van der Waals surface area contributed by atoms with Gasteiger partial charge in [0, 0.05) is 43.8 Å². The number of nitrogens with one attached hydrogen (secondary N) is 1. The van der Waals surface area contributed by atoms with Gasteiger partial charge in [-0.25, -0.2) is 4.98 Å². The second-order valence-corrected chi connectivity index (χ2v) is 7.65. The third-order valence-electron chi connectivity index (χ3n) is 5.81. The monoisotopic (exact) mass is 345 g/mol. The Labute approximate surface area is 150 Å². The summed E-state index contributed by atoms with van der Waals surface area (Å²) in [5.74, 6) is 1.50. The summed E-state index contributed by atoms with van der Waals surface area (Å²) in [6.07, 6.45) is 9.20. The van der Waals surface area contributed by atoms with Crippen molar-refractivity contribution in [3.05, 3.63) is 23.9 Å². The predicted molar refractivity (Wildman–Crippen MR) is 99.5 cm³/mol. The first kappa shape index (κ1) is 18.2. The zero-order valence-corrected chi connectivity index (χ0v) is 15.3. The number of aliphatic hydroxyl groups excluding tert-OH is 1. The predicted octanol–water partition coefficient (Wildman–Crippen LogP) is 2.66. The number of anilines is 1. The molecule has 2 heterocycles. The molecule has 5 heteroatoms. The van der Waals surface area contributed by atoms with Crippen LogP contribution >= 0.6 is 0 Å². The SMILES string of the molecule is Cc1ccc(N2CCC(C(=O)NC3CCCCCC3CO)CC2)nc1. The van der Waals surface area contributed by atoms with Gasteiger partial charge < -0.3 is 15.3 Å². The van der Waals surface area contributed by atoms with Crippen LogP contribution in [-0.2, 0) is 4.79 Å². The highest BCUT2D eigenvalue weighted by Crippen LogP contribution is 2.26. The standard InChI is InChI=1S/C20H31N3O2/c1-15-7-8-19(21-13-15)23-11-9-16(10-12-23)20(25)22-18-6-4-2-3-5-17(18)14-24/h7-8,13,16-18,24H,2-6,9-12,14H2,1H3,(H,22,25). The van der Waals surface area contributed by atoms with Gasteiger partial charge in [0.05, 0.1) is 0 Å². The van der Waals surface area contributed by atoms with Crippen LogP contribution in [0.2, 0.25) is 0 Å². The van der Waals surface area contributed by atoms with E-state index in [0.717, 1.165) is 51.0 Å². The summed E-state index contributed by atoms with van der Waals surface area (Å²) in [4.78, 5) is 19.5. The molecule has 2 unspecified atom stereocenters. The first-order valence-corrected chi connectivity index (χ1v) is 9.76. The Morgan fingerprint density at radius 1 is 1.20 bits per heavy atom. The minimum absolute atomic E-state index is 0.0873. The Hall–Kier alpha value is -1.62. The highest BCUT2D eigenvalue weighted by molar-refractivity contribution is 5.79. The van der Waals surface area contributed by atoms with Gasteiger partial charge in [-0.3, -0.25) is 4.79 Å². The van der Waals surface area contributed by atoms with Crippen molar-refractivity contribution in [3.63, 3.8) is 0 Å². The summed E-state index contributed by atoms with van der Waals surface area (Å²) < 4.78 is 0. The molecule has 1 aliphatic carbocycles. The fraction of sp³-hybridized carbons (Fsp3) is 0.700. The number of aromatic nitrogens is 1. The Bertz CT molecular complexity index is 553. The summed E-state index contributed by atoms with van der Waals surface area (Å²) in [5, 5.41) is 12.9. The van der Waals surface area contributed by atoms with Gasteiger partial charge in [0.1, 0.15) is 5.82 Å². The molecule has 1 aromatic heterocycles. The van der Waals surface area contributed by atoms with Crippen LogP contribution in [0, 0.1) is 18.8 Å². The second kappa shape index (κ2) is 8.65. The van der Waals surface area contributed by atoms with Crippen LogP contribution in [0.15, 0.2) is 18.3 Å². The first-order chi connectivity index (χ1) is 12.2. The van der Waals surface area contributed by atoms with Gasteiger partial charge in [-0.05, 0) is 44.2 Å². The van der Waals surface area contributed by atoms with E-state index >= 15 is 0 Å². The fourth-order valence-electron chi connectivity index (χ4n) is 4.11. The van der Waals surface area contributed by atoms with Crippen LogP contribution < -0.4 is 10.2 Å². The van der Waals surface area contributed by atoms with Crippen molar-refractivity contribution in [1.82, 2.24) is 10.3 Å². The number of piperidine rings is 1. The molecule has 3 rings (SSSR count). The number of amides is 1. The molecule has 2 fully saturated rings. The van der Waals surface area contributed by atoms with Gasteiger partial charge in [-0.2, -0.15) is 0 Å². The summed E-state index contributed by atoms with van der Waals surface area (Å²) >= 11 is 0. The number of hydrogen-bond acceptors (Lipinski definition) is 4. The van der Waals surface area contributed by atoms with E-state index in [2.05, 4.69) is 27.3 Å². The average molecular weight is 345 g/mol. The van der Waals surface area contributed by atoms with Gasteiger partial charge in [0.2, 0.25) is 5.91 Å². The number of aliphatic hydroxyl groups is 1. The molecule has 1 aliphatic heterocycles. The van der Waals surface area contributed by atoms with E-state index < -0.39 is 0 Å². The molecule has 1 saturated carbocycles. The van der Waals surface area contributed by atoms with Gasteiger partial charge in [-0.15, -0.1) is 0 Å². The number of hydrogen-bond donors (Lipinski definition) is 2. The van der Waals surface area contributed by atoms with Crippen molar-refractivity contribution < 1.29 is 9.90 Å². The Kier molecular flexibility index (Phi) is 6.29. The number of nitrogens with zero attached hydrogens (tertiary/aromatic N) is 2. The lowest BCUT2D eigenvalue weighted by Gasteiger charge is -2.33. The summed E-state index contributed by atoms with van der Waals surface area (Å²) in [6, 6.07) is 4.30. The zero-order valence-electron chi connectivity index (χ0n) is 15.3. The van der Waals surface area contributed by atoms with Gasteiger partial charge in [-0.1, -0.05) is 25.3 Å². The molecular formula is C20H31N3O2. The number of pyridine rings is 1. The largest absolute Gasteiger partial charge is 0.396 e. The van der Waals surface area contributed by atoms with Crippen LogP contribution in [0.1, 0.15) is 50.5 Å². The van der Waals surface area contributed by atoms with Crippen LogP contribution in [0.5, 0.6) is 0 Å². The van der Waals surface area contributed by atoms with Gasteiger partial charge in [0.15, 0.2) is 0 Å². The Morgan fingerprint density at radius 3 is 2.64 bits per heavy atom. The van der Waals surface area contributed by atoms with Crippen molar-refractivity contribution in [3.8, 4) is 0 Å². The molecule has 2 aliphatic rings. The van der Waals surface area contributed by atoms with Crippen LogP contribution in [0.4, 0.5) is 5.82 Å². The van der Waals surface area contributed by atoms with Crippen molar-refractivity contribution in [1.29, 1.82) is 0 Å². The highest BCUT2D eigenvalue weighted by Gasteiger charge is 2.30. The Morgan fingerprint density at radius 2 is 1.96 bits per heavy atom. The minimum Gasteiger partial charge on any atom is -0.396 e. The van der Waals surface area contributed by atoms with E-state index in [-0.39, 0.29) is 30.4 Å². The van der Waals surface area contributed by atoms with Gasteiger partial charge >= 0.3 is 0 Å². The number of carbonyl (C=O) groups is 1. The second-order valence-electron chi connectivity index (χ2n) is 7.65. The maximum absolute atomic E-state index is 12.7. The van der Waals surface area contributed by atoms with Crippen molar-refractivity contribution in [2.75, 3.05) is 24.6 Å². The maximum atomic E-state index is 12.7. The smallest absolute Gasteiger partial charge is 0.223 e. The maximum Gasteiger partial charge on any atom is 0.223 e. The molecule has 1 aromatic rings. The molecule has 1 amide bonds. The van der Waals surface area contributed by atoms with E-state index in [0.29, 0.717) is 0 Å². The average Bonchev–Trinajstić information content (AvgIpc) is 2.87. The lowest BCUT2D eigenvalue weighted by molar-refractivity contribution is -0.126. The first-order valence-electron chi connectivity index (χ1n) is 9.76. The van der Waals surface area contributed by atoms with Crippen molar-refractivity contribution in [2.45, 2.75) is 57.9 Å². The third kappa shape index (κ3) is 4.72. The normalized spacial score (nSPS) is 25.4. The molecule has 25 heavy (non-hydrogen) atoms. The van der Waals surface area contributed by atoms with E-state index in [4.69, 9.17) is 0 Å². The molecule has 2 atom stereocenters. The van der Waals surface area contributed by atoms with E-state index in [9.17, 15) is 9.90 Å². The van der Waals surface area contributed by atoms with E-state index in [1.165, 1.54) is 18.4 Å². The molecular weight excluding hydrogens is 314 g/mol. The molecule has 2 N–H and O–H groups in total. The lowest BCUT2D eigenvalue weighted by atomic mass is 9.92. The summed E-state index contributed by atoms with van der Waals surface area (Å²) in [7, 11) is 0.